The highest BCUT2D eigenvalue weighted by Crippen LogP contribution is 2.22. The molecule has 6 nitrogen and oxygen atoms in total. The molecular formula is C20H17N5O. The maximum absolute atomic E-state index is 5.23. The van der Waals surface area contributed by atoms with Gasteiger partial charge in [0.2, 0.25) is 5.95 Å². The molecule has 2 N–H and O–H groups in total. The molecule has 128 valence electrons. The van der Waals surface area contributed by atoms with Crippen LogP contribution in [-0.4, -0.2) is 22.1 Å². The molecule has 0 aliphatic carbocycles. The summed E-state index contributed by atoms with van der Waals surface area (Å²) in [5.41, 5.74) is 2.76. The number of nitrogens with one attached hydrogen (secondary N) is 2. The topological polar surface area (TPSA) is 72.0 Å². The molecule has 0 saturated heterocycles. The predicted molar refractivity (Wildman–Crippen MR) is 103 cm³/mol. The van der Waals surface area contributed by atoms with Crippen LogP contribution in [0.3, 0.4) is 0 Å². The molecule has 4 aromatic rings. The minimum atomic E-state index is 0.505. The van der Waals surface area contributed by atoms with E-state index in [9.17, 15) is 0 Å². The van der Waals surface area contributed by atoms with Crippen molar-refractivity contribution in [1.29, 1.82) is 0 Å². The van der Waals surface area contributed by atoms with Gasteiger partial charge in [-0.05, 0) is 42.5 Å². The molecule has 2 aromatic heterocycles. The zero-order chi connectivity index (χ0) is 17.8. The van der Waals surface area contributed by atoms with Gasteiger partial charge in [-0.25, -0.2) is 4.98 Å². The zero-order valence-electron chi connectivity index (χ0n) is 14.2. The van der Waals surface area contributed by atoms with E-state index in [1.165, 1.54) is 0 Å². The summed E-state index contributed by atoms with van der Waals surface area (Å²) in [6.45, 7) is 0. The van der Waals surface area contributed by atoms with Crippen molar-refractivity contribution >= 4 is 34.0 Å². The maximum Gasteiger partial charge on any atom is 0.229 e. The Hall–Kier alpha value is -3.67. The number of aromatic nitrogens is 3. The van der Waals surface area contributed by atoms with Crippen LogP contribution in [0, 0.1) is 0 Å². The maximum atomic E-state index is 5.23. The number of ether oxygens (including phenoxy) is 1. The van der Waals surface area contributed by atoms with Crippen LogP contribution in [0.25, 0.3) is 10.9 Å². The largest absolute Gasteiger partial charge is 0.497 e. The second-order valence-electron chi connectivity index (χ2n) is 5.66. The summed E-state index contributed by atoms with van der Waals surface area (Å²) in [6, 6.07) is 19.4. The van der Waals surface area contributed by atoms with E-state index in [-0.39, 0.29) is 0 Å². The summed E-state index contributed by atoms with van der Waals surface area (Å²) >= 11 is 0. The van der Waals surface area contributed by atoms with Gasteiger partial charge >= 0.3 is 0 Å². The average molecular weight is 343 g/mol. The summed E-state index contributed by atoms with van der Waals surface area (Å²) in [5, 5.41) is 7.55. The first-order valence-corrected chi connectivity index (χ1v) is 8.16. The first-order valence-electron chi connectivity index (χ1n) is 8.16. The van der Waals surface area contributed by atoms with Crippen molar-refractivity contribution in [1.82, 2.24) is 15.0 Å². The lowest BCUT2D eigenvalue weighted by atomic mass is 10.2. The van der Waals surface area contributed by atoms with E-state index in [1.807, 2.05) is 60.7 Å². The lowest BCUT2D eigenvalue weighted by Gasteiger charge is -2.09. The molecular weight excluding hydrogens is 326 g/mol. The smallest absolute Gasteiger partial charge is 0.229 e. The van der Waals surface area contributed by atoms with E-state index in [4.69, 9.17) is 4.74 Å². The Morgan fingerprint density at radius 2 is 1.73 bits per heavy atom. The molecule has 0 aliphatic heterocycles. The number of methoxy groups -OCH3 is 1. The van der Waals surface area contributed by atoms with Gasteiger partial charge in [-0.1, -0.05) is 12.1 Å². The molecule has 2 heterocycles. The second-order valence-corrected chi connectivity index (χ2v) is 5.66. The predicted octanol–water partition coefficient (Wildman–Crippen LogP) is 4.52. The fourth-order valence-electron chi connectivity index (χ4n) is 2.62. The van der Waals surface area contributed by atoms with Crippen molar-refractivity contribution in [2.24, 2.45) is 0 Å². The van der Waals surface area contributed by atoms with Gasteiger partial charge in [0.15, 0.2) is 0 Å². The number of hydrogen-bond donors (Lipinski definition) is 2. The van der Waals surface area contributed by atoms with Crippen LogP contribution < -0.4 is 15.4 Å². The third-order valence-corrected chi connectivity index (χ3v) is 3.86. The van der Waals surface area contributed by atoms with Crippen LogP contribution in [0.1, 0.15) is 0 Å². The van der Waals surface area contributed by atoms with Gasteiger partial charge in [-0.3, -0.25) is 4.98 Å². The number of benzene rings is 2. The average Bonchev–Trinajstić information content (AvgIpc) is 2.68. The van der Waals surface area contributed by atoms with Crippen molar-refractivity contribution in [3.05, 3.63) is 73.1 Å². The van der Waals surface area contributed by atoms with Gasteiger partial charge in [0.1, 0.15) is 11.6 Å². The van der Waals surface area contributed by atoms with Crippen LogP contribution in [0.2, 0.25) is 0 Å². The van der Waals surface area contributed by atoms with E-state index in [0.29, 0.717) is 11.8 Å². The Bertz CT molecular complexity index is 1050. The van der Waals surface area contributed by atoms with Gasteiger partial charge in [0.05, 0.1) is 12.6 Å². The quantitative estimate of drug-likeness (QED) is 0.555. The van der Waals surface area contributed by atoms with Crippen molar-refractivity contribution in [2.75, 3.05) is 17.7 Å². The summed E-state index contributed by atoms with van der Waals surface area (Å²) in [7, 11) is 1.64. The molecule has 0 atom stereocenters. The molecule has 6 heteroatoms. The van der Waals surface area contributed by atoms with E-state index in [1.54, 1.807) is 19.5 Å². The second kappa shape index (κ2) is 7.06. The molecule has 4 rings (SSSR count). The minimum Gasteiger partial charge on any atom is -0.497 e. The normalized spacial score (nSPS) is 10.5. The fourth-order valence-corrected chi connectivity index (χ4v) is 2.62. The monoisotopic (exact) mass is 343 g/mol. The van der Waals surface area contributed by atoms with Gasteiger partial charge in [-0.15, -0.1) is 0 Å². The summed E-state index contributed by atoms with van der Waals surface area (Å²) in [4.78, 5) is 13.1. The minimum absolute atomic E-state index is 0.505. The number of hydrogen-bond acceptors (Lipinski definition) is 6. The highest BCUT2D eigenvalue weighted by Gasteiger charge is 2.03. The SMILES string of the molecule is COc1cccc(Nc2nccc(Nc3ccc4ncccc4c3)n2)c1. The standard InChI is InChI=1S/C20H17N5O/c1-26-17-6-2-5-15(13-17)24-20-22-11-9-19(25-20)23-16-7-8-18-14(12-16)4-3-10-21-18/h2-13H,1H3,(H2,22,23,24,25). The lowest BCUT2D eigenvalue weighted by molar-refractivity contribution is 0.415. The van der Waals surface area contributed by atoms with E-state index in [2.05, 4.69) is 25.6 Å². The third kappa shape index (κ3) is 3.54. The Labute approximate surface area is 150 Å². The Kier molecular flexibility index (Phi) is 4.30. The molecule has 0 aliphatic rings. The van der Waals surface area contributed by atoms with Gasteiger partial charge < -0.3 is 15.4 Å². The lowest BCUT2D eigenvalue weighted by Crippen LogP contribution is -2.00. The van der Waals surface area contributed by atoms with E-state index < -0.39 is 0 Å². The summed E-state index contributed by atoms with van der Waals surface area (Å²) in [6.07, 6.45) is 3.50. The van der Waals surface area contributed by atoms with Gasteiger partial charge in [0.25, 0.3) is 0 Å². The molecule has 0 fully saturated rings. The molecule has 0 spiro atoms. The summed E-state index contributed by atoms with van der Waals surface area (Å²) < 4.78 is 5.23. The zero-order valence-corrected chi connectivity index (χ0v) is 14.2. The van der Waals surface area contributed by atoms with Crippen molar-refractivity contribution < 1.29 is 4.74 Å². The molecule has 0 saturated carbocycles. The van der Waals surface area contributed by atoms with Crippen LogP contribution in [0.15, 0.2) is 73.1 Å². The molecule has 0 unspecified atom stereocenters. The fraction of sp³-hybridized carbons (Fsp3) is 0.0500. The molecule has 26 heavy (non-hydrogen) atoms. The van der Waals surface area contributed by atoms with Crippen LogP contribution in [0.5, 0.6) is 5.75 Å². The van der Waals surface area contributed by atoms with Crippen molar-refractivity contribution in [2.45, 2.75) is 0 Å². The van der Waals surface area contributed by atoms with Crippen molar-refractivity contribution in [3.8, 4) is 5.75 Å². The highest BCUT2D eigenvalue weighted by molar-refractivity contribution is 5.83. The van der Waals surface area contributed by atoms with Crippen LogP contribution in [0.4, 0.5) is 23.1 Å². The number of anilines is 4. The number of nitrogens with zero attached hydrogens (tertiary/aromatic N) is 3. The molecule has 0 radical (unpaired) electrons. The van der Waals surface area contributed by atoms with Crippen LogP contribution >= 0.6 is 0 Å². The number of pyridine rings is 1. The third-order valence-electron chi connectivity index (χ3n) is 3.86. The highest BCUT2D eigenvalue weighted by atomic mass is 16.5. The van der Waals surface area contributed by atoms with E-state index >= 15 is 0 Å². The Morgan fingerprint density at radius 3 is 2.65 bits per heavy atom. The Morgan fingerprint density at radius 1 is 0.808 bits per heavy atom. The molecule has 0 amide bonds. The molecule has 2 aromatic carbocycles. The van der Waals surface area contributed by atoms with Gasteiger partial charge in [0, 0.05) is 35.2 Å². The first kappa shape index (κ1) is 15.8. The first-order chi connectivity index (χ1) is 12.8. The van der Waals surface area contributed by atoms with Crippen LogP contribution in [-0.2, 0) is 0 Å². The number of fused-ring (bicyclic) bond motifs is 1. The van der Waals surface area contributed by atoms with Crippen molar-refractivity contribution in [3.63, 3.8) is 0 Å². The van der Waals surface area contributed by atoms with E-state index in [0.717, 1.165) is 28.0 Å². The Balaban J connectivity index is 1.54. The molecule has 0 bridgehead atoms. The van der Waals surface area contributed by atoms with Gasteiger partial charge in [-0.2, -0.15) is 4.98 Å². The number of rotatable bonds is 5. The summed E-state index contributed by atoms with van der Waals surface area (Å²) in [5.74, 6) is 1.98.